The van der Waals surface area contributed by atoms with Gasteiger partial charge in [0, 0.05) is 0 Å². The highest BCUT2D eigenvalue weighted by Gasteiger charge is 2.15. The first-order valence-electron chi connectivity index (χ1n) is 5.31. The van der Waals surface area contributed by atoms with Crippen LogP contribution in [0, 0.1) is 0 Å². The van der Waals surface area contributed by atoms with Crippen LogP contribution in [-0.4, -0.2) is 30.0 Å². The maximum atomic E-state index is 9.39. The summed E-state index contributed by atoms with van der Waals surface area (Å²) in [7, 11) is 1.51. The standard InChI is InChI=1S/C12H16Cl2O3/c1-7(3-9(16)6-15)8-4-10(13)12(17-2)11(14)5-8/h4-5,7,9,15-16H,3,6H2,1-2H3. The van der Waals surface area contributed by atoms with Crippen LogP contribution in [-0.2, 0) is 0 Å². The van der Waals surface area contributed by atoms with Crippen molar-refractivity contribution in [3.8, 4) is 5.75 Å². The first-order chi connectivity index (χ1) is 7.99. The Bertz CT molecular complexity index is 359. The van der Waals surface area contributed by atoms with Gasteiger partial charge in [-0.05, 0) is 30.0 Å². The molecule has 96 valence electrons. The molecule has 0 aliphatic rings. The maximum Gasteiger partial charge on any atom is 0.156 e. The molecule has 1 rings (SSSR count). The fourth-order valence-corrected chi connectivity index (χ4v) is 2.34. The highest BCUT2D eigenvalue weighted by Crippen LogP contribution is 2.36. The van der Waals surface area contributed by atoms with E-state index in [1.807, 2.05) is 6.92 Å². The number of benzene rings is 1. The van der Waals surface area contributed by atoms with Gasteiger partial charge in [0.2, 0.25) is 0 Å². The number of aliphatic hydroxyl groups is 2. The zero-order valence-corrected chi connectivity index (χ0v) is 11.3. The van der Waals surface area contributed by atoms with Crippen LogP contribution in [0.5, 0.6) is 5.75 Å². The van der Waals surface area contributed by atoms with Gasteiger partial charge in [0.1, 0.15) is 0 Å². The second-order valence-electron chi connectivity index (χ2n) is 3.99. The fourth-order valence-electron chi connectivity index (χ4n) is 1.68. The summed E-state index contributed by atoms with van der Waals surface area (Å²) < 4.78 is 5.06. The molecule has 1 aromatic carbocycles. The van der Waals surface area contributed by atoms with Crippen molar-refractivity contribution in [2.24, 2.45) is 0 Å². The molecule has 17 heavy (non-hydrogen) atoms. The highest BCUT2D eigenvalue weighted by atomic mass is 35.5. The van der Waals surface area contributed by atoms with E-state index in [1.54, 1.807) is 12.1 Å². The van der Waals surface area contributed by atoms with Gasteiger partial charge in [-0.3, -0.25) is 0 Å². The minimum Gasteiger partial charge on any atom is -0.494 e. The molecule has 0 aliphatic heterocycles. The number of hydrogen-bond acceptors (Lipinski definition) is 3. The second kappa shape index (κ2) is 6.45. The Morgan fingerprint density at radius 2 is 1.82 bits per heavy atom. The van der Waals surface area contributed by atoms with Crippen molar-refractivity contribution in [1.29, 1.82) is 0 Å². The quantitative estimate of drug-likeness (QED) is 0.871. The lowest BCUT2D eigenvalue weighted by atomic mass is 9.95. The third-order valence-corrected chi connectivity index (χ3v) is 3.19. The average Bonchev–Trinajstić information content (AvgIpc) is 2.28. The number of halogens is 2. The number of rotatable bonds is 5. The van der Waals surface area contributed by atoms with Crippen LogP contribution in [0.1, 0.15) is 24.8 Å². The Kier molecular flexibility index (Phi) is 5.53. The molecule has 0 amide bonds. The van der Waals surface area contributed by atoms with Gasteiger partial charge >= 0.3 is 0 Å². The van der Waals surface area contributed by atoms with E-state index in [0.29, 0.717) is 22.2 Å². The molecule has 0 spiro atoms. The summed E-state index contributed by atoms with van der Waals surface area (Å²) in [6, 6.07) is 3.53. The minimum absolute atomic E-state index is 0.0538. The molecule has 2 unspecified atom stereocenters. The number of hydrogen-bond donors (Lipinski definition) is 2. The van der Waals surface area contributed by atoms with Gasteiger partial charge in [-0.15, -0.1) is 0 Å². The zero-order chi connectivity index (χ0) is 13.0. The summed E-state index contributed by atoms with van der Waals surface area (Å²) in [5.41, 5.74) is 0.910. The molecule has 0 aromatic heterocycles. The van der Waals surface area contributed by atoms with Crippen molar-refractivity contribution in [2.75, 3.05) is 13.7 Å². The zero-order valence-electron chi connectivity index (χ0n) is 9.78. The van der Waals surface area contributed by atoms with Crippen LogP contribution in [0.3, 0.4) is 0 Å². The molecule has 1 aromatic rings. The van der Waals surface area contributed by atoms with Crippen molar-refractivity contribution in [2.45, 2.75) is 25.4 Å². The molecule has 0 heterocycles. The molecule has 0 radical (unpaired) electrons. The predicted molar refractivity (Wildman–Crippen MR) is 69.1 cm³/mol. The van der Waals surface area contributed by atoms with Gasteiger partial charge in [0.05, 0.1) is 29.9 Å². The third-order valence-electron chi connectivity index (χ3n) is 2.63. The van der Waals surface area contributed by atoms with Crippen LogP contribution < -0.4 is 4.74 Å². The maximum absolute atomic E-state index is 9.39. The molecule has 2 N–H and O–H groups in total. The lowest BCUT2D eigenvalue weighted by molar-refractivity contribution is 0.0835. The van der Waals surface area contributed by atoms with E-state index >= 15 is 0 Å². The molecule has 0 aliphatic carbocycles. The van der Waals surface area contributed by atoms with Crippen LogP contribution in [0.15, 0.2) is 12.1 Å². The molecule has 0 fully saturated rings. The van der Waals surface area contributed by atoms with E-state index in [-0.39, 0.29) is 12.5 Å². The molecular formula is C12H16Cl2O3. The molecule has 0 saturated carbocycles. The molecule has 5 heteroatoms. The Balaban J connectivity index is 2.92. The molecule has 0 bridgehead atoms. The van der Waals surface area contributed by atoms with Crippen LogP contribution >= 0.6 is 23.2 Å². The number of aliphatic hydroxyl groups excluding tert-OH is 2. The van der Waals surface area contributed by atoms with E-state index in [9.17, 15) is 5.11 Å². The van der Waals surface area contributed by atoms with Crippen LogP contribution in [0.2, 0.25) is 10.0 Å². The Labute approximate surface area is 111 Å². The monoisotopic (exact) mass is 278 g/mol. The normalized spacial score (nSPS) is 14.5. The van der Waals surface area contributed by atoms with E-state index in [1.165, 1.54) is 7.11 Å². The van der Waals surface area contributed by atoms with E-state index in [0.717, 1.165) is 5.56 Å². The van der Waals surface area contributed by atoms with Gasteiger partial charge in [-0.2, -0.15) is 0 Å². The van der Waals surface area contributed by atoms with Gasteiger partial charge < -0.3 is 14.9 Å². The largest absolute Gasteiger partial charge is 0.494 e. The topological polar surface area (TPSA) is 49.7 Å². The van der Waals surface area contributed by atoms with Crippen molar-refractivity contribution >= 4 is 23.2 Å². The molecule has 0 saturated heterocycles. The highest BCUT2D eigenvalue weighted by molar-refractivity contribution is 6.37. The summed E-state index contributed by atoms with van der Waals surface area (Å²) in [6.45, 7) is 1.69. The van der Waals surface area contributed by atoms with Crippen LogP contribution in [0.25, 0.3) is 0 Å². The summed E-state index contributed by atoms with van der Waals surface area (Å²) in [5, 5.41) is 19.1. The Morgan fingerprint density at radius 1 is 1.29 bits per heavy atom. The van der Waals surface area contributed by atoms with Crippen molar-refractivity contribution in [1.82, 2.24) is 0 Å². The lowest BCUT2D eigenvalue weighted by Gasteiger charge is -2.17. The lowest BCUT2D eigenvalue weighted by Crippen LogP contribution is -2.15. The van der Waals surface area contributed by atoms with Crippen molar-refractivity contribution < 1.29 is 14.9 Å². The van der Waals surface area contributed by atoms with Gasteiger partial charge in [0.25, 0.3) is 0 Å². The van der Waals surface area contributed by atoms with E-state index in [4.69, 9.17) is 33.0 Å². The van der Waals surface area contributed by atoms with Crippen molar-refractivity contribution in [3.63, 3.8) is 0 Å². The third kappa shape index (κ3) is 3.75. The van der Waals surface area contributed by atoms with E-state index in [2.05, 4.69) is 0 Å². The van der Waals surface area contributed by atoms with Gasteiger partial charge in [-0.1, -0.05) is 30.1 Å². The number of methoxy groups -OCH3 is 1. The Hall–Kier alpha value is -0.480. The first kappa shape index (κ1) is 14.6. The summed E-state index contributed by atoms with van der Waals surface area (Å²) in [6.07, 6.45) is -0.278. The van der Waals surface area contributed by atoms with Gasteiger partial charge in [-0.25, -0.2) is 0 Å². The molecule has 3 nitrogen and oxygen atoms in total. The number of ether oxygens (including phenoxy) is 1. The SMILES string of the molecule is COc1c(Cl)cc(C(C)CC(O)CO)cc1Cl. The van der Waals surface area contributed by atoms with Crippen LogP contribution in [0.4, 0.5) is 0 Å². The summed E-state index contributed by atoms with van der Waals surface area (Å²) in [5.74, 6) is 0.505. The average molecular weight is 279 g/mol. The minimum atomic E-state index is -0.732. The van der Waals surface area contributed by atoms with Gasteiger partial charge in [0.15, 0.2) is 5.75 Å². The molecule has 2 atom stereocenters. The first-order valence-corrected chi connectivity index (χ1v) is 6.07. The second-order valence-corrected chi connectivity index (χ2v) is 4.81. The summed E-state index contributed by atoms with van der Waals surface area (Å²) in [4.78, 5) is 0. The summed E-state index contributed by atoms with van der Waals surface area (Å²) >= 11 is 12.1. The smallest absolute Gasteiger partial charge is 0.156 e. The Morgan fingerprint density at radius 3 is 2.24 bits per heavy atom. The predicted octanol–water partition coefficient (Wildman–Crippen LogP) is 2.85. The van der Waals surface area contributed by atoms with E-state index < -0.39 is 6.10 Å². The molecular weight excluding hydrogens is 263 g/mol. The fraction of sp³-hybridized carbons (Fsp3) is 0.500. The van der Waals surface area contributed by atoms with Crippen molar-refractivity contribution in [3.05, 3.63) is 27.7 Å².